The lowest BCUT2D eigenvalue weighted by Gasteiger charge is -2.34. The normalized spacial score (nSPS) is 23.3. The zero-order chi connectivity index (χ0) is 12.5. The lowest BCUT2D eigenvalue weighted by Crippen LogP contribution is -2.61. The van der Waals surface area contributed by atoms with Gasteiger partial charge in [0.15, 0.2) is 0 Å². The van der Waals surface area contributed by atoms with E-state index in [1.54, 1.807) is 6.92 Å². The van der Waals surface area contributed by atoms with Crippen LogP contribution in [0.15, 0.2) is 0 Å². The zero-order valence-electron chi connectivity index (χ0n) is 9.69. The van der Waals surface area contributed by atoms with Gasteiger partial charge in [-0.3, -0.25) is 19.7 Å². The van der Waals surface area contributed by atoms with Gasteiger partial charge in [0, 0.05) is 0 Å². The Labute approximate surface area is 94.2 Å². The van der Waals surface area contributed by atoms with Gasteiger partial charge in [0.1, 0.15) is 12.6 Å². The summed E-state index contributed by atoms with van der Waals surface area (Å²) < 4.78 is 0. The highest BCUT2D eigenvalue weighted by Crippen LogP contribution is 2.10. The number of carbonyl (C=O) groups excluding carboxylic acids is 3. The van der Waals surface area contributed by atoms with Crippen molar-refractivity contribution in [1.29, 1.82) is 0 Å². The third kappa shape index (κ3) is 2.38. The van der Waals surface area contributed by atoms with Crippen LogP contribution in [0.3, 0.4) is 0 Å². The van der Waals surface area contributed by atoms with Crippen molar-refractivity contribution in [2.24, 2.45) is 11.7 Å². The number of nitrogens with two attached hydrogens (primary N) is 1. The van der Waals surface area contributed by atoms with Crippen molar-refractivity contribution < 1.29 is 14.4 Å². The van der Waals surface area contributed by atoms with Gasteiger partial charge in [0.2, 0.25) is 17.7 Å². The van der Waals surface area contributed by atoms with Crippen molar-refractivity contribution in [2.75, 3.05) is 6.54 Å². The third-order valence-corrected chi connectivity index (χ3v) is 2.71. The molecule has 1 fully saturated rings. The molecule has 6 nitrogen and oxygen atoms in total. The smallest absolute Gasteiger partial charge is 0.249 e. The average Bonchev–Trinajstić information content (AvgIpc) is 2.21. The predicted molar refractivity (Wildman–Crippen MR) is 57.1 cm³/mol. The van der Waals surface area contributed by atoms with Crippen LogP contribution in [-0.4, -0.2) is 41.2 Å². The maximum Gasteiger partial charge on any atom is 0.249 e. The van der Waals surface area contributed by atoms with Crippen LogP contribution in [0.4, 0.5) is 0 Å². The lowest BCUT2D eigenvalue weighted by molar-refractivity contribution is -0.150. The Bertz CT molecular complexity index is 327. The van der Waals surface area contributed by atoms with E-state index in [2.05, 4.69) is 5.32 Å². The van der Waals surface area contributed by atoms with Gasteiger partial charge in [0.25, 0.3) is 0 Å². The molecule has 1 saturated heterocycles. The molecule has 0 aromatic heterocycles. The molecular formula is C10H17N3O3. The van der Waals surface area contributed by atoms with Crippen molar-refractivity contribution in [3.8, 4) is 0 Å². The number of nitrogens with one attached hydrogen (secondary N) is 1. The number of amides is 3. The first-order valence-corrected chi connectivity index (χ1v) is 5.24. The number of piperazine rings is 1. The van der Waals surface area contributed by atoms with Gasteiger partial charge in [-0.25, -0.2) is 0 Å². The second-order valence-electron chi connectivity index (χ2n) is 4.32. The molecule has 1 rings (SSSR count). The Hall–Kier alpha value is -1.43. The van der Waals surface area contributed by atoms with Crippen molar-refractivity contribution in [2.45, 2.75) is 32.9 Å². The first kappa shape index (κ1) is 12.6. The molecule has 3 amide bonds. The topological polar surface area (TPSA) is 92.5 Å². The molecule has 16 heavy (non-hydrogen) atoms. The molecule has 0 saturated carbocycles. The minimum atomic E-state index is -0.679. The fourth-order valence-electron chi connectivity index (χ4n) is 1.46. The predicted octanol–water partition coefficient (Wildman–Crippen LogP) is -1.16. The van der Waals surface area contributed by atoms with E-state index < -0.39 is 23.9 Å². The summed E-state index contributed by atoms with van der Waals surface area (Å²) in [5.41, 5.74) is 5.71. The summed E-state index contributed by atoms with van der Waals surface area (Å²) in [5.74, 6) is -1.31. The average molecular weight is 227 g/mol. The van der Waals surface area contributed by atoms with Crippen molar-refractivity contribution >= 4 is 17.7 Å². The van der Waals surface area contributed by atoms with Crippen LogP contribution in [0.25, 0.3) is 0 Å². The van der Waals surface area contributed by atoms with Gasteiger partial charge in [-0.15, -0.1) is 0 Å². The van der Waals surface area contributed by atoms with Crippen molar-refractivity contribution in [3.05, 3.63) is 0 Å². The molecule has 1 aliphatic heterocycles. The SMILES string of the molecule is CC(C)[C@H](N)C(=O)N1CC(=O)NC(=O)C1C. The van der Waals surface area contributed by atoms with Crippen molar-refractivity contribution in [3.63, 3.8) is 0 Å². The molecule has 0 bridgehead atoms. The molecule has 2 atom stereocenters. The summed E-state index contributed by atoms with van der Waals surface area (Å²) in [6.07, 6.45) is 0. The van der Waals surface area contributed by atoms with Crippen LogP contribution in [-0.2, 0) is 14.4 Å². The van der Waals surface area contributed by atoms with Crippen LogP contribution in [0.1, 0.15) is 20.8 Å². The monoisotopic (exact) mass is 227 g/mol. The number of nitrogens with zero attached hydrogens (tertiary/aromatic N) is 1. The van der Waals surface area contributed by atoms with Gasteiger partial charge >= 0.3 is 0 Å². The maximum atomic E-state index is 11.9. The minimum Gasteiger partial charge on any atom is -0.320 e. The molecule has 3 N–H and O–H groups in total. The molecule has 1 aliphatic rings. The molecule has 1 heterocycles. The minimum absolute atomic E-state index is 0.0280. The van der Waals surface area contributed by atoms with Crippen LogP contribution in [0.5, 0.6) is 0 Å². The number of imide groups is 1. The summed E-state index contributed by atoms with van der Waals surface area (Å²) in [5, 5.41) is 2.17. The summed E-state index contributed by atoms with van der Waals surface area (Å²) in [6.45, 7) is 5.11. The number of hydrogen-bond acceptors (Lipinski definition) is 4. The Morgan fingerprint density at radius 2 is 2.06 bits per heavy atom. The molecule has 90 valence electrons. The lowest BCUT2D eigenvalue weighted by atomic mass is 10.0. The van der Waals surface area contributed by atoms with Crippen LogP contribution >= 0.6 is 0 Å². The second-order valence-corrected chi connectivity index (χ2v) is 4.32. The first-order chi connectivity index (χ1) is 7.34. The maximum absolute atomic E-state index is 11.9. The van der Waals surface area contributed by atoms with Crippen molar-refractivity contribution in [1.82, 2.24) is 10.2 Å². The highest BCUT2D eigenvalue weighted by Gasteiger charge is 2.36. The van der Waals surface area contributed by atoms with Crippen LogP contribution < -0.4 is 11.1 Å². The Kier molecular flexibility index (Phi) is 3.64. The van der Waals surface area contributed by atoms with Gasteiger partial charge in [-0.2, -0.15) is 0 Å². The van der Waals surface area contributed by atoms with Crippen LogP contribution in [0, 0.1) is 5.92 Å². The molecule has 6 heteroatoms. The van der Waals surface area contributed by atoms with E-state index >= 15 is 0 Å². The largest absolute Gasteiger partial charge is 0.320 e. The molecule has 0 radical (unpaired) electrons. The summed E-state index contributed by atoms with van der Waals surface area (Å²) in [4.78, 5) is 35.6. The van der Waals surface area contributed by atoms with Crippen LogP contribution in [0.2, 0.25) is 0 Å². The van der Waals surface area contributed by atoms with E-state index in [0.717, 1.165) is 0 Å². The van der Waals surface area contributed by atoms with E-state index in [0.29, 0.717) is 0 Å². The van der Waals surface area contributed by atoms with E-state index in [1.807, 2.05) is 13.8 Å². The molecule has 1 unspecified atom stereocenters. The molecule has 0 aromatic carbocycles. The summed E-state index contributed by atoms with van der Waals surface area (Å²) in [7, 11) is 0. The van der Waals surface area contributed by atoms with E-state index in [9.17, 15) is 14.4 Å². The summed E-state index contributed by atoms with van der Waals surface area (Å²) in [6, 6.07) is -1.32. The fraction of sp³-hybridized carbons (Fsp3) is 0.700. The Morgan fingerprint density at radius 1 is 1.50 bits per heavy atom. The number of rotatable bonds is 2. The number of carbonyl (C=O) groups is 3. The Balaban J connectivity index is 2.82. The van der Waals surface area contributed by atoms with E-state index in [1.165, 1.54) is 4.90 Å². The number of hydrogen-bond donors (Lipinski definition) is 2. The highest BCUT2D eigenvalue weighted by atomic mass is 16.2. The molecule has 0 spiro atoms. The van der Waals surface area contributed by atoms with Gasteiger partial charge in [0.05, 0.1) is 6.04 Å². The van der Waals surface area contributed by atoms with E-state index in [4.69, 9.17) is 5.73 Å². The highest BCUT2D eigenvalue weighted by molar-refractivity contribution is 6.04. The van der Waals surface area contributed by atoms with Gasteiger partial charge < -0.3 is 10.6 Å². The summed E-state index contributed by atoms with van der Waals surface area (Å²) >= 11 is 0. The first-order valence-electron chi connectivity index (χ1n) is 5.24. The second kappa shape index (κ2) is 4.61. The molecular weight excluding hydrogens is 210 g/mol. The molecule has 0 aliphatic carbocycles. The fourth-order valence-corrected chi connectivity index (χ4v) is 1.46. The quantitative estimate of drug-likeness (QED) is 0.582. The van der Waals surface area contributed by atoms with E-state index in [-0.39, 0.29) is 18.4 Å². The standard InChI is InChI=1S/C10H17N3O3/c1-5(2)8(11)10(16)13-4-7(14)12-9(15)6(13)3/h5-6,8H,4,11H2,1-3H3,(H,12,14,15)/t6?,8-/m0/s1. The molecule has 0 aromatic rings. The third-order valence-electron chi connectivity index (χ3n) is 2.71. The van der Waals surface area contributed by atoms with Gasteiger partial charge in [-0.1, -0.05) is 13.8 Å². The zero-order valence-corrected chi connectivity index (χ0v) is 9.69. The Morgan fingerprint density at radius 3 is 2.56 bits per heavy atom. The van der Waals surface area contributed by atoms with Gasteiger partial charge in [-0.05, 0) is 12.8 Å².